The molecule has 1 saturated heterocycles. The number of sulfonamides is 1. The van der Waals surface area contributed by atoms with E-state index in [2.05, 4.69) is 14.9 Å². The minimum Gasteiger partial charge on any atom is -0.385 e. The van der Waals surface area contributed by atoms with Crippen LogP contribution in [0.1, 0.15) is 52.9 Å². The molecule has 8 heteroatoms. The highest BCUT2D eigenvalue weighted by Crippen LogP contribution is 2.26. The van der Waals surface area contributed by atoms with Gasteiger partial charge in [-0.1, -0.05) is 6.42 Å². The van der Waals surface area contributed by atoms with Crippen LogP contribution in [0.4, 0.5) is 11.4 Å². The maximum Gasteiger partial charge on any atom is 0.240 e. The molecule has 1 aliphatic rings. The van der Waals surface area contributed by atoms with Crippen molar-refractivity contribution in [2.75, 3.05) is 29.9 Å². The number of benzene rings is 1. The molecule has 1 aliphatic heterocycles. The summed E-state index contributed by atoms with van der Waals surface area (Å²) < 4.78 is 25.8. The van der Waals surface area contributed by atoms with Crippen molar-refractivity contribution in [2.45, 2.75) is 63.7 Å². The number of carbonyl (C=O) groups excluding carboxylic acids is 1. The van der Waals surface area contributed by atoms with Crippen LogP contribution in [0.25, 0.3) is 0 Å². The van der Waals surface area contributed by atoms with Crippen LogP contribution in [0.3, 0.4) is 0 Å². The third-order valence-electron chi connectivity index (χ3n) is 5.06. The highest BCUT2D eigenvalue weighted by molar-refractivity contribution is 7.90. The van der Waals surface area contributed by atoms with Crippen molar-refractivity contribution in [3.63, 3.8) is 0 Å². The first-order valence-electron chi connectivity index (χ1n) is 10.0. The van der Waals surface area contributed by atoms with E-state index < -0.39 is 14.8 Å². The van der Waals surface area contributed by atoms with Crippen LogP contribution >= 0.6 is 0 Å². The SMILES string of the molecule is CC(C)(C)S(=O)(=O)NCCCCCNc1ccc(N2CCCC2C(N)=O)cc1. The molecule has 1 atom stereocenters. The summed E-state index contributed by atoms with van der Waals surface area (Å²) in [5.74, 6) is -0.260. The average Bonchev–Trinajstić information content (AvgIpc) is 3.10. The zero-order valence-corrected chi connectivity index (χ0v) is 18.0. The van der Waals surface area contributed by atoms with Gasteiger partial charge in [0.15, 0.2) is 0 Å². The van der Waals surface area contributed by atoms with E-state index in [0.29, 0.717) is 6.54 Å². The number of nitrogens with zero attached hydrogens (tertiary/aromatic N) is 1. The van der Waals surface area contributed by atoms with Crippen molar-refractivity contribution in [1.29, 1.82) is 0 Å². The lowest BCUT2D eigenvalue weighted by Crippen LogP contribution is -2.40. The Morgan fingerprint density at radius 2 is 1.79 bits per heavy atom. The molecule has 0 saturated carbocycles. The van der Waals surface area contributed by atoms with Gasteiger partial charge in [0.25, 0.3) is 0 Å². The number of nitrogens with one attached hydrogen (secondary N) is 2. The first-order valence-corrected chi connectivity index (χ1v) is 11.5. The Balaban J connectivity index is 1.67. The van der Waals surface area contributed by atoms with Crippen LogP contribution < -0.4 is 20.7 Å². The Morgan fingerprint density at radius 1 is 1.14 bits per heavy atom. The van der Waals surface area contributed by atoms with Crippen LogP contribution in [-0.4, -0.2) is 44.7 Å². The molecule has 1 fully saturated rings. The largest absolute Gasteiger partial charge is 0.385 e. The van der Waals surface area contributed by atoms with E-state index >= 15 is 0 Å². The molecule has 0 radical (unpaired) electrons. The number of carbonyl (C=O) groups is 1. The lowest BCUT2D eigenvalue weighted by atomic mass is 10.2. The van der Waals surface area contributed by atoms with E-state index in [0.717, 1.165) is 56.6 Å². The van der Waals surface area contributed by atoms with E-state index in [1.807, 2.05) is 24.3 Å². The second-order valence-electron chi connectivity index (χ2n) is 8.30. The number of amides is 1. The van der Waals surface area contributed by atoms with Gasteiger partial charge in [0.1, 0.15) is 6.04 Å². The molecule has 1 unspecified atom stereocenters. The van der Waals surface area contributed by atoms with E-state index in [9.17, 15) is 13.2 Å². The smallest absolute Gasteiger partial charge is 0.240 e. The van der Waals surface area contributed by atoms with Gasteiger partial charge in [0.2, 0.25) is 15.9 Å². The van der Waals surface area contributed by atoms with Gasteiger partial charge >= 0.3 is 0 Å². The minimum absolute atomic E-state index is 0.200. The Bertz CT molecular complexity index is 742. The molecule has 1 heterocycles. The molecule has 0 spiro atoms. The minimum atomic E-state index is -3.25. The molecule has 0 bridgehead atoms. The van der Waals surface area contributed by atoms with Gasteiger partial charge in [-0.2, -0.15) is 0 Å². The number of hydrogen-bond donors (Lipinski definition) is 3. The number of rotatable bonds is 10. The van der Waals surface area contributed by atoms with Crippen molar-refractivity contribution in [3.05, 3.63) is 24.3 Å². The second kappa shape index (κ2) is 9.60. The Kier molecular flexibility index (Phi) is 7.71. The normalized spacial score (nSPS) is 17.7. The molecule has 7 nitrogen and oxygen atoms in total. The summed E-state index contributed by atoms with van der Waals surface area (Å²) in [6.45, 7) is 7.26. The Hall–Kier alpha value is -1.80. The molecule has 1 amide bonds. The van der Waals surface area contributed by atoms with Crippen molar-refractivity contribution in [1.82, 2.24) is 4.72 Å². The maximum absolute atomic E-state index is 12.0. The highest BCUT2D eigenvalue weighted by Gasteiger charge is 2.29. The maximum atomic E-state index is 12.0. The molecule has 28 heavy (non-hydrogen) atoms. The number of hydrogen-bond acceptors (Lipinski definition) is 5. The molecular formula is C20H34N4O3S. The first kappa shape index (κ1) is 22.5. The van der Waals surface area contributed by atoms with Gasteiger partial charge in [-0.15, -0.1) is 0 Å². The van der Waals surface area contributed by atoms with Crippen LogP contribution in [0.5, 0.6) is 0 Å². The Labute approximate surface area is 169 Å². The van der Waals surface area contributed by atoms with Crippen LogP contribution in [0, 0.1) is 0 Å². The predicted octanol–water partition coefficient (Wildman–Crippen LogP) is 2.44. The lowest BCUT2D eigenvalue weighted by molar-refractivity contribution is -0.119. The van der Waals surface area contributed by atoms with Crippen molar-refractivity contribution < 1.29 is 13.2 Å². The molecule has 1 aromatic carbocycles. The zero-order valence-electron chi connectivity index (χ0n) is 17.2. The zero-order chi connectivity index (χ0) is 20.8. The van der Waals surface area contributed by atoms with E-state index in [1.165, 1.54) is 0 Å². The van der Waals surface area contributed by atoms with Gasteiger partial charge in [0, 0.05) is 31.0 Å². The molecule has 2 rings (SSSR count). The summed E-state index contributed by atoms with van der Waals surface area (Å²) in [7, 11) is -3.25. The van der Waals surface area contributed by atoms with Crippen molar-refractivity contribution in [3.8, 4) is 0 Å². The third kappa shape index (κ3) is 6.10. The number of anilines is 2. The van der Waals surface area contributed by atoms with Gasteiger partial charge in [-0.3, -0.25) is 4.79 Å². The summed E-state index contributed by atoms with van der Waals surface area (Å²) >= 11 is 0. The molecular weight excluding hydrogens is 376 g/mol. The van der Waals surface area contributed by atoms with Gasteiger partial charge < -0.3 is 16.0 Å². The first-order chi connectivity index (χ1) is 13.1. The van der Waals surface area contributed by atoms with E-state index in [4.69, 9.17) is 5.73 Å². The summed E-state index contributed by atoms with van der Waals surface area (Å²) in [5, 5.41) is 3.38. The number of unbranched alkanes of at least 4 members (excludes halogenated alkanes) is 2. The van der Waals surface area contributed by atoms with Crippen LogP contribution in [0.15, 0.2) is 24.3 Å². The summed E-state index contributed by atoms with van der Waals surface area (Å²) in [6.07, 6.45) is 4.54. The predicted molar refractivity (Wildman–Crippen MR) is 115 cm³/mol. The van der Waals surface area contributed by atoms with Gasteiger partial charge in [-0.25, -0.2) is 13.1 Å². The number of nitrogens with two attached hydrogens (primary N) is 1. The molecule has 4 N–H and O–H groups in total. The molecule has 158 valence electrons. The topological polar surface area (TPSA) is 105 Å². The molecule has 0 aromatic heterocycles. The second-order valence-corrected chi connectivity index (χ2v) is 10.8. The fourth-order valence-corrected chi connectivity index (χ4v) is 4.07. The monoisotopic (exact) mass is 410 g/mol. The lowest BCUT2D eigenvalue weighted by Gasteiger charge is -2.24. The van der Waals surface area contributed by atoms with Gasteiger partial charge in [0.05, 0.1) is 4.75 Å². The third-order valence-corrected chi connectivity index (χ3v) is 7.26. The van der Waals surface area contributed by atoms with E-state index in [-0.39, 0.29) is 11.9 Å². The standard InChI is InChI=1S/C20H34N4O3S/c1-20(2,3)28(26,27)23-14-6-4-5-13-22-16-9-11-17(12-10-16)24-15-7-8-18(24)19(21)25/h9-12,18,22-23H,4-8,13-15H2,1-3H3,(H2,21,25). The summed E-state index contributed by atoms with van der Waals surface area (Å²) in [5.41, 5.74) is 7.55. The average molecular weight is 411 g/mol. The highest BCUT2D eigenvalue weighted by atomic mass is 32.2. The van der Waals surface area contributed by atoms with Crippen LogP contribution in [0.2, 0.25) is 0 Å². The summed E-state index contributed by atoms with van der Waals surface area (Å²) in [6, 6.07) is 7.87. The van der Waals surface area contributed by atoms with E-state index in [1.54, 1.807) is 20.8 Å². The van der Waals surface area contributed by atoms with Crippen molar-refractivity contribution >= 4 is 27.3 Å². The Morgan fingerprint density at radius 3 is 2.39 bits per heavy atom. The summed E-state index contributed by atoms with van der Waals surface area (Å²) in [4.78, 5) is 13.6. The fourth-order valence-electron chi connectivity index (χ4n) is 3.22. The van der Waals surface area contributed by atoms with Crippen molar-refractivity contribution in [2.24, 2.45) is 5.73 Å². The molecule has 0 aliphatic carbocycles. The number of primary amides is 1. The van der Waals surface area contributed by atoms with Crippen LogP contribution in [-0.2, 0) is 14.8 Å². The fraction of sp³-hybridized carbons (Fsp3) is 0.650. The molecule has 1 aromatic rings. The van der Waals surface area contributed by atoms with Gasteiger partial charge in [-0.05, 0) is 70.7 Å². The quantitative estimate of drug-likeness (QED) is 0.514.